The first-order valence-electron chi connectivity index (χ1n) is 8.34. The zero-order valence-electron chi connectivity index (χ0n) is 14.1. The lowest BCUT2D eigenvalue weighted by atomic mass is 10.2. The summed E-state index contributed by atoms with van der Waals surface area (Å²) in [5, 5.41) is 0. The van der Waals surface area contributed by atoms with Gasteiger partial charge in [-0.3, -0.25) is 4.79 Å². The van der Waals surface area contributed by atoms with Crippen LogP contribution in [0.25, 0.3) is 11.5 Å². The minimum absolute atomic E-state index is 0.150. The zero-order valence-corrected chi connectivity index (χ0v) is 14.1. The summed E-state index contributed by atoms with van der Waals surface area (Å²) >= 11 is 0. The second-order valence-corrected chi connectivity index (χ2v) is 5.95. The molecule has 1 aromatic carbocycles. The van der Waals surface area contributed by atoms with Crippen molar-refractivity contribution in [3.05, 3.63) is 54.7 Å². The second-order valence-electron chi connectivity index (χ2n) is 5.95. The molecule has 0 aliphatic carbocycles. The summed E-state index contributed by atoms with van der Waals surface area (Å²) in [6.45, 7) is 2.50. The molecule has 26 heavy (non-hydrogen) atoms. The van der Waals surface area contributed by atoms with Crippen molar-refractivity contribution in [1.29, 1.82) is 0 Å². The number of anilines is 2. The van der Waals surface area contributed by atoms with Gasteiger partial charge < -0.3 is 20.0 Å². The number of benzene rings is 1. The standard InChI is InChI=1S/C18H18N6O2/c19-14-5-2-1-4-13(14)16-22-15(12-26-16)17(25)23-8-10-24(11-9-23)18-20-6-3-7-21-18/h1-7,12H,8-11,19H2. The van der Waals surface area contributed by atoms with Gasteiger partial charge in [0.1, 0.15) is 6.26 Å². The van der Waals surface area contributed by atoms with Crippen molar-refractivity contribution in [2.45, 2.75) is 0 Å². The van der Waals surface area contributed by atoms with Crippen LogP contribution in [0.2, 0.25) is 0 Å². The summed E-state index contributed by atoms with van der Waals surface area (Å²) in [6.07, 6.45) is 4.81. The number of nitrogens with zero attached hydrogens (tertiary/aromatic N) is 5. The van der Waals surface area contributed by atoms with Gasteiger partial charge in [0, 0.05) is 44.3 Å². The maximum absolute atomic E-state index is 12.7. The Balaban J connectivity index is 1.44. The summed E-state index contributed by atoms with van der Waals surface area (Å²) in [6, 6.07) is 9.05. The summed E-state index contributed by atoms with van der Waals surface area (Å²) in [5.41, 5.74) is 7.46. The van der Waals surface area contributed by atoms with Crippen molar-refractivity contribution < 1.29 is 9.21 Å². The van der Waals surface area contributed by atoms with E-state index in [0.29, 0.717) is 49.3 Å². The van der Waals surface area contributed by atoms with Gasteiger partial charge in [-0.1, -0.05) is 12.1 Å². The molecule has 1 saturated heterocycles. The molecule has 132 valence electrons. The number of carbonyl (C=O) groups is 1. The highest BCUT2D eigenvalue weighted by atomic mass is 16.3. The third kappa shape index (κ3) is 3.08. The number of rotatable bonds is 3. The van der Waals surface area contributed by atoms with E-state index >= 15 is 0 Å². The molecule has 1 fully saturated rings. The third-order valence-corrected chi connectivity index (χ3v) is 4.32. The summed E-state index contributed by atoms with van der Waals surface area (Å²) in [5.74, 6) is 0.883. The minimum Gasteiger partial charge on any atom is -0.444 e. The van der Waals surface area contributed by atoms with Crippen molar-refractivity contribution in [2.75, 3.05) is 36.8 Å². The summed E-state index contributed by atoms with van der Waals surface area (Å²) in [7, 11) is 0. The van der Waals surface area contributed by atoms with Gasteiger partial charge in [0.2, 0.25) is 11.8 Å². The van der Waals surface area contributed by atoms with Crippen LogP contribution in [0.5, 0.6) is 0 Å². The lowest BCUT2D eigenvalue weighted by molar-refractivity contribution is 0.0740. The van der Waals surface area contributed by atoms with Gasteiger partial charge in [0.15, 0.2) is 5.69 Å². The van der Waals surface area contributed by atoms with Crippen LogP contribution in [0.4, 0.5) is 11.6 Å². The number of piperazine rings is 1. The number of aromatic nitrogens is 3. The Hall–Kier alpha value is -3.42. The van der Waals surface area contributed by atoms with E-state index in [4.69, 9.17) is 10.2 Å². The molecule has 1 aliphatic heterocycles. The fraction of sp³-hybridized carbons (Fsp3) is 0.222. The Morgan fingerprint density at radius 2 is 1.77 bits per heavy atom. The Labute approximate surface area is 150 Å². The number of oxazole rings is 1. The largest absolute Gasteiger partial charge is 0.444 e. The summed E-state index contributed by atoms with van der Waals surface area (Å²) < 4.78 is 5.46. The zero-order chi connectivity index (χ0) is 17.9. The van der Waals surface area contributed by atoms with E-state index in [1.807, 2.05) is 18.2 Å². The molecule has 8 heteroatoms. The predicted molar refractivity (Wildman–Crippen MR) is 96.5 cm³/mol. The van der Waals surface area contributed by atoms with Crippen LogP contribution in [-0.2, 0) is 0 Å². The van der Waals surface area contributed by atoms with Crippen LogP contribution < -0.4 is 10.6 Å². The third-order valence-electron chi connectivity index (χ3n) is 4.32. The van der Waals surface area contributed by atoms with Gasteiger partial charge >= 0.3 is 0 Å². The number of nitrogens with two attached hydrogens (primary N) is 1. The van der Waals surface area contributed by atoms with Crippen molar-refractivity contribution in [3.8, 4) is 11.5 Å². The predicted octanol–water partition coefficient (Wildman–Crippen LogP) is 1.68. The fourth-order valence-electron chi connectivity index (χ4n) is 2.91. The number of para-hydroxylation sites is 1. The highest BCUT2D eigenvalue weighted by Gasteiger charge is 2.25. The van der Waals surface area contributed by atoms with E-state index in [1.165, 1.54) is 6.26 Å². The Morgan fingerprint density at radius 1 is 1.04 bits per heavy atom. The van der Waals surface area contributed by atoms with E-state index < -0.39 is 0 Å². The van der Waals surface area contributed by atoms with Crippen LogP contribution in [0.15, 0.2) is 53.4 Å². The SMILES string of the molecule is Nc1ccccc1-c1nc(C(=O)N2CCN(c3ncccn3)CC2)co1. The Morgan fingerprint density at radius 3 is 2.50 bits per heavy atom. The van der Waals surface area contributed by atoms with Gasteiger partial charge in [-0.25, -0.2) is 15.0 Å². The minimum atomic E-state index is -0.150. The molecule has 0 spiro atoms. The molecule has 0 radical (unpaired) electrons. The van der Waals surface area contributed by atoms with Crippen molar-refractivity contribution in [3.63, 3.8) is 0 Å². The van der Waals surface area contributed by atoms with E-state index in [2.05, 4.69) is 19.9 Å². The average molecular weight is 350 g/mol. The van der Waals surface area contributed by atoms with Crippen molar-refractivity contribution in [1.82, 2.24) is 19.9 Å². The molecule has 0 saturated carbocycles. The van der Waals surface area contributed by atoms with Crippen LogP contribution in [0, 0.1) is 0 Å². The van der Waals surface area contributed by atoms with Crippen LogP contribution in [0.1, 0.15) is 10.5 Å². The van der Waals surface area contributed by atoms with Gasteiger partial charge in [-0.2, -0.15) is 0 Å². The summed E-state index contributed by atoms with van der Waals surface area (Å²) in [4.78, 5) is 29.3. The highest BCUT2D eigenvalue weighted by Crippen LogP contribution is 2.25. The van der Waals surface area contributed by atoms with Gasteiger partial charge in [0.25, 0.3) is 5.91 Å². The van der Waals surface area contributed by atoms with Crippen LogP contribution in [-0.4, -0.2) is 51.9 Å². The molecule has 0 bridgehead atoms. The monoisotopic (exact) mass is 350 g/mol. The fourth-order valence-corrected chi connectivity index (χ4v) is 2.91. The topological polar surface area (TPSA) is 101 Å². The first-order chi connectivity index (χ1) is 12.7. The molecular weight excluding hydrogens is 332 g/mol. The number of nitrogen functional groups attached to an aromatic ring is 1. The van der Waals surface area contributed by atoms with E-state index in [0.717, 1.165) is 0 Å². The molecule has 3 aromatic rings. The highest BCUT2D eigenvalue weighted by molar-refractivity contribution is 5.92. The molecule has 3 heterocycles. The molecule has 8 nitrogen and oxygen atoms in total. The lowest BCUT2D eigenvalue weighted by Crippen LogP contribution is -2.49. The van der Waals surface area contributed by atoms with E-state index in [-0.39, 0.29) is 11.6 Å². The maximum Gasteiger partial charge on any atom is 0.275 e. The molecule has 1 amide bonds. The molecule has 2 N–H and O–H groups in total. The van der Waals surface area contributed by atoms with Crippen LogP contribution >= 0.6 is 0 Å². The molecule has 4 rings (SSSR count). The smallest absolute Gasteiger partial charge is 0.275 e. The van der Waals surface area contributed by atoms with Crippen molar-refractivity contribution in [2.24, 2.45) is 0 Å². The lowest BCUT2D eigenvalue weighted by Gasteiger charge is -2.34. The first kappa shape index (κ1) is 16.1. The Bertz CT molecular complexity index is 903. The quantitative estimate of drug-likeness (QED) is 0.717. The van der Waals surface area contributed by atoms with E-state index in [9.17, 15) is 4.79 Å². The molecule has 2 aromatic heterocycles. The van der Waals surface area contributed by atoms with Crippen LogP contribution in [0.3, 0.4) is 0 Å². The number of carbonyl (C=O) groups excluding carboxylic acids is 1. The second kappa shape index (κ2) is 6.83. The number of amides is 1. The van der Waals surface area contributed by atoms with E-state index in [1.54, 1.807) is 29.4 Å². The average Bonchev–Trinajstić information content (AvgIpc) is 3.18. The molecule has 0 unspecified atom stereocenters. The van der Waals surface area contributed by atoms with Gasteiger partial charge in [0.05, 0.1) is 5.56 Å². The normalized spacial score (nSPS) is 14.5. The van der Waals surface area contributed by atoms with Gasteiger partial charge in [-0.15, -0.1) is 0 Å². The van der Waals surface area contributed by atoms with Gasteiger partial charge in [-0.05, 0) is 18.2 Å². The number of hydrogen-bond donors (Lipinski definition) is 1. The van der Waals surface area contributed by atoms with Crippen molar-refractivity contribution >= 4 is 17.5 Å². The molecular formula is C18H18N6O2. The Kier molecular flexibility index (Phi) is 4.22. The molecule has 1 aliphatic rings. The number of hydrogen-bond acceptors (Lipinski definition) is 7. The first-order valence-corrected chi connectivity index (χ1v) is 8.34. The maximum atomic E-state index is 12.7. The molecule has 0 atom stereocenters.